The topological polar surface area (TPSA) is 221 Å². The van der Waals surface area contributed by atoms with Crippen LogP contribution in [0.15, 0.2) is 36.9 Å². The summed E-state index contributed by atoms with van der Waals surface area (Å²) in [7, 11) is 1.64. The fourth-order valence-electron chi connectivity index (χ4n) is 4.40. The molecule has 0 aliphatic carbocycles. The highest BCUT2D eigenvalue weighted by atomic mass is 35.5. The molecule has 50 heavy (non-hydrogen) atoms. The Morgan fingerprint density at radius 3 is 2.18 bits per heavy atom. The van der Waals surface area contributed by atoms with Gasteiger partial charge in [-0.1, -0.05) is 23.2 Å². The molecule has 0 fully saturated rings. The lowest BCUT2D eigenvalue weighted by Gasteiger charge is -2.27. The van der Waals surface area contributed by atoms with E-state index in [1.54, 1.807) is 20.0 Å². The third kappa shape index (κ3) is 11.5. The Labute approximate surface area is 296 Å². The minimum atomic E-state index is -1.09. The van der Waals surface area contributed by atoms with E-state index in [-0.39, 0.29) is 54.6 Å². The molecular formula is C29H37Cl2N11O8. The van der Waals surface area contributed by atoms with Crippen molar-refractivity contribution >= 4 is 58.3 Å². The maximum atomic E-state index is 13.1. The van der Waals surface area contributed by atoms with Crippen molar-refractivity contribution in [3.05, 3.63) is 52.8 Å². The van der Waals surface area contributed by atoms with E-state index in [0.29, 0.717) is 55.9 Å². The molecule has 0 aliphatic heterocycles. The first-order chi connectivity index (χ1) is 24.1. The lowest BCUT2D eigenvalue weighted by atomic mass is 10.1. The average molecular weight is 739 g/mol. The van der Waals surface area contributed by atoms with Crippen LogP contribution in [0.4, 0.5) is 21.0 Å². The number of rotatable bonds is 20. The number of hydrogen-bond donors (Lipinski definition) is 4. The van der Waals surface area contributed by atoms with E-state index < -0.39 is 18.2 Å². The molecule has 0 bridgehead atoms. The van der Waals surface area contributed by atoms with Gasteiger partial charge < -0.3 is 44.9 Å². The summed E-state index contributed by atoms with van der Waals surface area (Å²) < 4.78 is 23.1. The van der Waals surface area contributed by atoms with Gasteiger partial charge in [-0.2, -0.15) is 15.3 Å². The molecule has 0 saturated heterocycles. The second-order valence-corrected chi connectivity index (χ2v) is 11.1. The minimum absolute atomic E-state index is 0.0983. The highest BCUT2D eigenvalue weighted by molar-refractivity contribution is 6.32. The summed E-state index contributed by atoms with van der Waals surface area (Å²) >= 11 is 12.5. The molecule has 0 aliphatic rings. The molecule has 19 nitrogen and oxygen atoms in total. The van der Waals surface area contributed by atoms with Crippen LogP contribution in [0.5, 0.6) is 0 Å². The third-order valence-corrected chi connectivity index (χ3v) is 7.36. The maximum absolute atomic E-state index is 13.1. The predicted octanol–water partition coefficient (Wildman–Crippen LogP) is 2.90. The van der Waals surface area contributed by atoms with Gasteiger partial charge in [0.25, 0.3) is 0 Å². The highest BCUT2D eigenvalue weighted by Gasteiger charge is 2.25. The molecule has 0 aromatic carbocycles. The number of urea groups is 1. The molecular weight excluding hydrogens is 701 g/mol. The smallest absolute Gasteiger partial charge is 0.404 e. The van der Waals surface area contributed by atoms with Crippen LogP contribution in [-0.2, 0) is 23.7 Å². The Morgan fingerprint density at radius 2 is 1.54 bits per heavy atom. The van der Waals surface area contributed by atoms with Gasteiger partial charge in [0.15, 0.2) is 16.6 Å². The van der Waals surface area contributed by atoms with E-state index in [4.69, 9.17) is 47.3 Å². The summed E-state index contributed by atoms with van der Waals surface area (Å²) in [5.74, 6) is 0.0845. The molecule has 21 heteroatoms. The normalized spacial score (nSPS) is 11.8. The van der Waals surface area contributed by atoms with Gasteiger partial charge in [0.1, 0.15) is 0 Å². The quantitative estimate of drug-likeness (QED) is 0.0960. The van der Waals surface area contributed by atoms with Crippen molar-refractivity contribution in [2.45, 2.75) is 19.4 Å². The van der Waals surface area contributed by atoms with Gasteiger partial charge in [-0.15, -0.1) is 4.80 Å². The van der Waals surface area contributed by atoms with Gasteiger partial charge in [-0.25, -0.2) is 24.1 Å². The van der Waals surface area contributed by atoms with Crippen molar-refractivity contribution < 1.29 is 38.4 Å². The molecule has 4 aromatic rings. The number of fused-ring (bicyclic) bond motifs is 1. The lowest BCUT2D eigenvalue weighted by Crippen LogP contribution is -2.33. The van der Waals surface area contributed by atoms with Crippen LogP contribution in [-0.4, -0.2) is 129 Å². The first-order valence-electron chi connectivity index (χ1n) is 15.3. The van der Waals surface area contributed by atoms with E-state index >= 15 is 0 Å². The highest BCUT2D eigenvalue weighted by Crippen LogP contribution is 2.29. The molecule has 270 valence electrons. The van der Waals surface area contributed by atoms with Crippen LogP contribution in [0.25, 0.3) is 11.5 Å². The predicted molar refractivity (Wildman–Crippen MR) is 180 cm³/mol. The maximum Gasteiger partial charge on any atom is 0.404 e. The molecule has 4 N–H and O–H groups in total. The first kappa shape index (κ1) is 38.1. The van der Waals surface area contributed by atoms with Crippen molar-refractivity contribution in [3.8, 4) is 5.82 Å². The number of pyridine rings is 1. The summed E-state index contributed by atoms with van der Waals surface area (Å²) in [5.41, 5.74) is 1.49. The van der Waals surface area contributed by atoms with E-state index in [1.807, 2.05) is 0 Å². The molecule has 4 rings (SSSR count). The zero-order chi connectivity index (χ0) is 35.9. The van der Waals surface area contributed by atoms with Gasteiger partial charge in [-0.05, 0) is 13.0 Å². The van der Waals surface area contributed by atoms with Crippen LogP contribution >= 0.6 is 23.2 Å². The van der Waals surface area contributed by atoms with Crippen molar-refractivity contribution in [2.24, 2.45) is 0 Å². The van der Waals surface area contributed by atoms with Crippen molar-refractivity contribution in [2.75, 3.05) is 77.1 Å². The van der Waals surface area contributed by atoms with Crippen LogP contribution in [0.2, 0.25) is 10.2 Å². The Balaban J connectivity index is 1.22. The van der Waals surface area contributed by atoms with Crippen molar-refractivity contribution in [1.29, 1.82) is 0 Å². The Bertz CT molecular complexity index is 1710. The fourth-order valence-corrected chi connectivity index (χ4v) is 4.82. The fraction of sp³-hybridized carbons (Fsp3) is 0.448. The van der Waals surface area contributed by atoms with Crippen LogP contribution in [0.3, 0.4) is 0 Å². The molecule has 0 spiro atoms. The molecule has 0 saturated carbocycles. The van der Waals surface area contributed by atoms with Crippen molar-refractivity contribution in [3.63, 3.8) is 0 Å². The average Bonchev–Trinajstić information content (AvgIpc) is 3.75. The standard InChI is InChI=1S/C29H37Cl2N11O8/c1-19(40(2)25(43)3-7-47-9-11-49-13-14-50-12-10-48-8-6-32-29(45)46)26-22(18-33-24-16-23(31)39-41(24)26)38-28(44)37-20-15-21(30)27(34-17-20)42-35-4-5-36-42/h4-5,15-19,32H,3,6-14H2,1-2H3,(H,45,46)(H2,37,38,44). The Hall–Kier alpha value is -4.66. The third-order valence-electron chi connectivity index (χ3n) is 6.90. The number of anilines is 2. The minimum Gasteiger partial charge on any atom is -0.465 e. The van der Waals surface area contributed by atoms with Crippen LogP contribution in [0, 0.1) is 0 Å². The number of ether oxygens (including phenoxy) is 4. The zero-order valence-electron chi connectivity index (χ0n) is 27.3. The summed E-state index contributed by atoms with van der Waals surface area (Å²) in [6, 6.07) is 1.88. The number of nitrogens with one attached hydrogen (secondary N) is 3. The number of amides is 4. The SMILES string of the molecule is CC(c1c(NC(=O)Nc2cnc(-n3nccn3)c(Cl)c2)cnc2cc(Cl)nn12)N(C)C(=O)CCOCCOCCOCCOCCNC(=O)O. The zero-order valence-corrected chi connectivity index (χ0v) is 28.8. The van der Waals surface area contributed by atoms with E-state index in [0.717, 1.165) is 0 Å². The molecule has 4 amide bonds. The monoisotopic (exact) mass is 737 g/mol. The van der Waals surface area contributed by atoms with E-state index in [2.05, 4.69) is 41.2 Å². The number of carbonyl (C=O) groups is 3. The second kappa shape index (κ2) is 19.5. The van der Waals surface area contributed by atoms with E-state index in [1.165, 1.54) is 45.1 Å². The van der Waals surface area contributed by atoms with Crippen molar-refractivity contribution in [1.82, 2.24) is 44.8 Å². The van der Waals surface area contributed by atoms with Gasteiger partial charge in [0.2, 0.25) is 5.91 Å². The lowest BCUT2D eigenvalue weighted by molar-refractivity contribution is -0.133. The number of hydrogen-bond acceptors (Lipinski definition) is 12. The van der Waals surface area contributed by atoms with Gasteiger partial charge >= 0.3 is 12.1 Å². The second-order valence-electron chi connectivity index (χ2n) is 10.3. The summed E-state index contributed by atoms with van der Waals surface area (Å²) in [6.45, 7) is 4.47. The Kier molecular flexibility index (Phi) is 14.9. The molecule has 1 unspecified atom stereocenters. The van der Waals surface area contributed by atoms with Gasteiger partial charge in [-0.3, -0.25) is 4.79 Å². The molecule has 4 heterocycles. The summed E-state index contributed by atoms with van der Waals surface area (Å²) in [6.07, 6.45) is 4.84. The molecule has 4 aromatic heterocycles. The first-order valence-corrected chi connectivity index (χ1v) is 16.1. The summed E-state index contributed by atoms with van der Waals surface area (Å²) in [5, 5.41) is 28.8. The number of halogens is 2. The van der Waals surface area contributed by atoms with Crippen LogP contribution in [0.1, 0.15) is 25.1 Å². The number of aromatic nitrogens is 7. The Morgan fingerprint density at radius 1 is 0.900 bits per heavy atom. The number of carbonyl (C=O) groups excluding carboxylic acids is 2. The number of nitrogens with zero attached hydrogens (tertiary/aromatic N) is 8. The van der Waals surface area contributed by atoms with Gasteiger partial charge in [0, 0.05) is 19.7 Å². The van der Waals surface area contributed by atoms with E-state index in [9.17, 15) is 14.4 Å². The molecule has 0 radical (unpaired) electrons. The molecule has 1 atom stereocenters. The number of carboxylic acid groups (broad SMARTS) is 1. The largest absolute Gasteiger partial charge is 0.465 e. The summed E-state index contributed by atoms with van der Waals surface area (Å²) in [4.78, 5) is 47.9. The van der Waals surface area contributed by atoms with Gasteiger partial charge in [0.05, 0.1) is 112 Å². The van der Waals surface area contributed by atoms with Crippen LogP contribution < -0.4 is 16.0 Å².